The van der Waals surface area contributed by atoms with Crippen molar-refractivity contribution >= 4 is 11.3 Å². The van der Waals surface area contributed by atoms with Crippen LogP contribution in [0.15, 0.2) is 29.0 Å². The lowest BCUT2D eigenvalue weighted by molar-refractivity contribution is 0.629. The van der Waals surface area contributed by atoms with E-state index in [9.17, 15) is 0 Å². The quantitative estimate of drug-likeness (QED) is 0.859. The molecule has 0 saturated carbocycles. The van der Waals surface area contributed by atoms with Gasteiger partial charge in [0.1, 0.15) is 0 Å². The first-order valence-electron chi connectivity index (χ1n) is 6.46. The van der Waals surface area contributed by atoms with Crippen LogP contribution in [-0.2, 0) is 0 Å². The van der Waals surface area contributed by atoms with Gasteiger partial charge in [0.25, 0.3) is 0 Å². The van der Waals surface area contributed by atoms with Crippen molar-refractivity contribution in [1.82, 2.24) is 5.32 Å². The van der Waals surface area contributed by atoms with Crippen molar-refractivity contribution in [1.29, 1.82) is 0 Å². The zero-order chi connectivity index (χ0) is 13.1. The van der Waals surface area contributed by atoms with Gasteiger partial charge in [-0.15, -0.1) is 0 Å². The van der Waals surface area contributed by atoms with Crippen molar-refractivity contribution in [2.24, 2.45) is 0 Å². The molecular weight excluding hydrogens is 238 g/mol. The van der Waals surface area contributed by atoms with Gasteiger partial charge in [-0.05, 0) is 54.8 Å². The zero-order valence-corrected chi connectivity index (χ0v) is 12.4. The van der Waals surface area contributed by atoms with Crippen LogP contribution < -0.4 is 5.32 Å². The molecule has 1 aromatic heterocycles. The summed E-state index contributed by atoms with van der Waals surface area (Å²) < 4.78 is 0. The molecule has 96 valence electrons. The van der Waals surface area contributed by atoms with E-state index >= 15 is 0 Å². The fraction of sp³-hybridized carbons (Fsp3) is 0.375. The van der Waals surface area contributed by atoms with E-state index in [4.69, 9.17) is 0 Å². The molecule has 1 aromatic carbocycles. The van der Waals surface area contributed by atoms with E-state index < -0.39 is 0 Å². The number of hydrogen-bond donors (Lipinski definition) is 1. The van der Waals surface area contributed by atoms with Gasteiger partial charge >= 0.3 is 0 Å². The van der Waals surface area contributed by atoms with E-state index in [0.717, 1.165) is 6.54 Å². The van der Waals surface area contributed by atoms with E-state index in [2.05, 4.69) is 62.0 Å². The van der Waals surface area contributed by atoms with Crippen LogP contribution in [0.5, 0.6) is 0 Å². The Labute approximate surface area is 114 Å². The fourth-order valence-electron chi connectivity index (χ4n) is 2.45. The summed E-state index contributed by atoms with van der Waals surface area (Å²) in [6, 6.07) is 7.13. The maximum absolute atomic E-state index is 3.60. The lowest BCUT2D eigenvalue weighted by Gasteiger charge is -2.20. The molecule has 2 rings (SSSR count). The molecule has 2 aromatic rings. The minimum absolute atomic E-state index is 0.319. The van der Waals surface area contributed by atoms with Crippen molar-refractivity contribution in [3.8, 4) is 0 Å². The van der Waals surface area contributed by atoms with Crippen molar-refractivity contribution in [2.45, 2.75) is 33.7 Å². The first-order chi connectivity index (χ1) is 8.61. The van der Waals surface area contributed by atoms with Gasteiger partial charge in [0.2, 0.25) is 0 Å². The number of thiophene rings is 1. The average Bonchev–Trinajstić information content (AvgIpc) is 2.71. The van der Waals surface area contributed by atoms with Crippen molar-refractivity contribution in [2.75, 3.05) is 6.54 Å². The van der Waals surface area contributed by atoms with Gasteiger partial charge in [-0.25, -0.2) is 0 Å². The molecule has 1 atom stereocenters. The Morgan fingerprint density at radius 3 is 2.22 bits per heavy atom. The Morgan fingerprint density at radius 1 is 1.06 bits per heavy atom. The standard InChI is InChI=1S/C16H21NS/c1-5-17-16(15-10-18-9-13(15)4)14-7-11(2)6-12(3)8-14/h6-10,16-17H,5H2,1-4H3. The summed E-state index contributed by atoms with van der Waals surface area (Å²) in [5.74, 6) is 0. The number of rotatable bonds is 4. The van der Waals surface area contributed by atoms with Gasteiger partial charge in [0.05, 0.1) is 6.04 Å². The number of hydrogen-bond acceptors (Lipinski definition) is 2. The second-order valence-corrected chi connectivity index (χ2v) is 5.67. The smallest absolute Gasteiger partial charge is 0.0587 e. The summed E-state index contributed by atoms with van der Waals surface area (Å²) in [4.78, 5) is 0. The molecule has 1 unspecified atom stereocenters. The van der Waals surface area contributed by atoms with Gasteiger partial charge in [0, 0.05) is 0 Å². The topological polar surface area (TPSA) is 12.0 Å². The summed E-state index contributed by atoms with van der Waals surface area (Å²) in [5.41, 5.74) is 6.83. The van der Waals surface area contributed by atoms with Gasteiger partial charge in [0.15, 0.2) is 0 Å². The van der Waals surface area contributed by atoms with E-state index in [0.29, 0.717) is 6.04 Å². The molecule has 2 heteroatoms. The largest absolute Gasteiger partial charge is 0.306 e. The van der Waals surface area contributed by atoms with Crippen LogP contribution in [0, 0.1) is 20.8 Å². The minimum atomic E-state index is 0.319. The predicted molar refractivity (Wildman–Crippen MR) is 80.5 cm³/mol. The molecule has 0 fully saturated rings. The van der Waals surface area contributed by atoms with Gasteiger partial charge in [-0.3, -0.25) is 0 Å². The van der Waals surface area contributed by atoms with Crippen LogP contribution in [-0.4, -0.2) is 6.54 Å². The highest BCUT2D eigenvalue weighted by Gasteiger charge is 2.16. The monoisotopic (exact) mass is 259 g/mol. The van der Waals surface area contributed by atoms with Crippen LogP contribution in [0.2, 0.25) is 0 Å². The molecule has 0 aliphatic rings. The molecule has 0 radical (unpaired) electrons. The second-order valence-electron chi connectivity index (χ2n) is 4.92. The predicted octanol–water partition coefficient (Wildman–Crippen LogP) is 4.37. The third-order valence-electron chi connectivity index (χ3n) is 3.19. The van der Waals surface area contributed by atoms with E-state index in [1.165, 1.54) is 27.8 Å². The third kappa shape index (κ3) is 2.82. The summed E-state index contributed by atoms with van der Waals surface area (Å²) in [6.07, 6.45) is 0. The Kier molecular flexibility index (Phi) is 4.20. The van der Waals surface area contributed by atoms with Gasteiger partial charge in [-0.2, -0.15) is 11.3 Å². The molecule has 0 saturated heterocycles. The van der Waals surface area contributed by atoms with Crippen LogP contribution in [0.4, 0.5) is 0 Å². The number of benzene rings is 1. The van der Waals surface area contributed by atoms with E-state index in [-0.39, 0.29) is 0 Å². The Morgan fingerprint density at radius 2 is 1.72 bits per heavy atom. The third-order valence-corrected chi connectivity index (χ3v) is 4.07. The molecule has 1 nitrogen and oxygen atoms in total. The molecular formula is C16H21NS. The van der Waals surface area contributed by atoms with E-state index in [1.807, 2.05) is 0 Å². The van der Waals surface area contributed by atoms with Crippen LogP contribution in [0.25, 0.3) is 0 Å². The van der Waals surface area contributed by atoms with Gasteiger partial charge < -0.3 is 5.32 Å². The lowest BCUT2D eigenvalue weighted by Crippen LogP contribution is -2.22. The highest BCUT2D eigenvalue weighted by atomic mass is 32.1. The summed E-state index contributed by atoms with van der Waals surface area (Å²) in [6.45, 7) is 9.67. The Balaban J connectivity index is 2.44. The molecule has 0 spiro atoms. The maximum atomic E-state index is 3.60. The van der Waals surface area contributed by atoms with Gasteiger partial charge in [-0.1, -0.05) is 36.2 Å². The fourth-order valence-corrected chi connectivity index (χ4v) is 3.33. The minimum Gasteiger partial charge on any atom is -0.306 e. The van der Waals surface area contributed by atoms with Crippen LogP contribution in [0.1, 0.15) is 40.8 Å². The second kappa shape index (κ2) is 5.68. The molecule has 1 heterocycles. The van der Waals surface area contributed by atoms with Crippen molar-refractivity contribution in [3.63, 3.8) is 0 Å². The zero-order valence-electron chi connectivity index (χ0n) is 11.6. The lowest BCUT2D eigenvalue weighted by atomic mass is 9.95. The molecule has 0 amide bonds. The molecule has 0 aliphatic heterocycles. The van der Waals surface area contributed by atoms with Crippen molar-refractivity contribution in [3.05, 3.63) is 56.8 Å². The van der Waals surface area contributed by atoms with E-state index in [1.54, 1.807) is 11.3 Å². The molecule has 1 N–H and O–H groups in total. The highest BCUT2D eigenvalue weighted by Crippen LogP contribution is 2.28. The summed E-state index contributed by atoms with van der Waals surface area (Å²) in [5, 5.41) is 8.09. The normalized spacial score (nSPS) is 12.7. The van der Waals surface area contributed by atoms with Crippen molar-refractivity contribution < 1.29 is 0 Å². The SMILES string of the molecule is CCNC(c1cc(C)cc(C)c1)c1cscc1C. The average molecular weight is 259 g/mol. The molecule has 0 bridgehead atoms. The highest BCUT2D eigenvalue weighted by molar-refractivity contribution is 7.08. The Hall–Kier alpha value is -1.12. The molecule has 0 aliphatic carbocycles. The maximum Gasteiger partial charge on any atom is 0.0587 e. The molecule has 18 heavy (non-hydrogen) atoms. The first kappa shape index (κ1) is 13.3. The number of nitrogens with one attached hydrogen (secondary N) is 1. The van der Waals surface area contributed by atoms with Crippen LogP contribution >= 0.6 is 11.3 Å². The first-order valence-corrected chi connectivity index (χ1v) is 7.40. The Bertz CT molecular complexity index is 507. The summed E-state index contributed by atoms with van der Waals surface area (Å²) >= 11 is 1.78. The van der Waals surface area contributed by atoms with Crippen LogP contribution in [0.3, 0.4) is 0 Å². The summed E-state index contributed by atoms with van der Waals surface area (Å²) in [7, 11) is 0. The number of aryl methyl sites for hydroxylation is 3.